The number of ether oxygens (including phenoxy) is 1. The van der Waals surface area contributed by atoms with Crippen LogP contribution in [-0.2, 0) is 14.3 Å². The molecule has 0 saturated carbocycles. The second kappa shape index (κ2) is 11.9. The number of ketones is 1. The van der Waals surface area contributed by atoms with Gasteiger partial charge >= 0.3 is 0 Å². The molecule has 11 heteroatoms. The van der Waals surface area contributed by atoms with Gasteiger partial charge in [0.1, 0.15) is 18.7 Å². The smallest absolute Gasteiger partial charge is 0.251 e. The summed E-state index contributed by atoms with van der Waals surface area (Å²) in [5.74, 6) is -1.07. The molecule has 0 spiro atoms. The number of piperazine rings is 1. The minimum absolute atomic E-state index is 0.0903. The van der Waals surface area contributed by atoms with E-state index in [4.69, 9.17) is 10.3 Å². The Hall–Kier alpha value is -3.14. The SMILES string of the molecule is CCCN1CCN(c2ccc(C(=O)N[C@H](C(=O)N3C[C@H](N=[N+]=[N-])[C@H]4OCC(=O)[C@H]43)[C@@H](C)CC)cc2)CC1. The Bertz CT molecular complexity index is 1030. The average Bonchev–Trinajstić information content (AvgIpc) is 3.48. The van der Waals surface area contributed by atoms with Crippen LogP contribution in [0.15, 0.2) is 29.4 Å². The summed E-state index contributed by atoms with van der Waals surface area (Å²) < 4.78 is 5.53. The van der Waals surface area contributed by atoms with Crippen molar-refractivity contribution in [3.05, 3.63) is 40.3 Å². The number of hydrogen-bond donors (Lipinski definition) is 1. The predicted octanol–water partition coefficient (Wildman–Crippen LogP) is 2.22. The number of benzene rings is 1. The first-order valence-corrected chi connectivity index (χ1v) is 13.2. The number of likely N-dealkylation sites (tertiary alicyclic amines) is 1. The molecular weight excluding hydrogens is 474 g/mol. The molecule has 1 aromatic carbocycles. The van der Waals surface area contributed by atoms with Crippen molar-refractivity contribution in [2.24, 2.45) is 11.0 Å². The van der Waals surface area contributed by atoms with Crippen molar-refractivity contribution in [1.82, 2.24) is 15.1 Å². The molecule has 11 nitrogen and oxygen atoms in total. The standard InChI is InChI=1S/C26H37N7O4/c1-4-10-31-11-13-32(14-12-31)19-8-6-18(7-9-19)25(35)28-22(17(3)5-2)26(36)33-15-20(29-30-27)24-23(33)21(34)16-37-24/h6-9,17,20,22-24H,4-5,10-16H2,1-3H3,(H,28,35)/t17-,20-,22-,23+,24+/m0/s1. The van der Waals surface area contributed by atoms with Crippen molar-refractivity contribution in [2.75, 3.05) is 50.8 Å². The van der Waals surface area contributed by atoms with E-state index in [1.54, 1.807) is 12.1 Å². The topological polar surface area (TPSA) is 131 Å². The molecule has 1 N–H and O–H groups in total. The zero-order valence-electron chi connectivity index (χ0n) is 21.9. The average molecular weight is 512 g/mol. The van der Waals surface area contributed by atoms with Gasteiger partial charge in [0.05, 0.1) is 12.1 Å². The van der Waals surface area contributed by atoms with Crippen LogP contribution in [0.25, 0.3) is 10.4 Å². The lowest BCUT2D eigenvalue weighted by Gasteiger charge is -2.36. The van der Waals surface area contributed by atoms with Gasteiger partial charge in [0.25, 0.3) is 5.91 Å². The van der Waals surface area contributed by atoms with Crippen molar-refractivity contribution < 1.29 is 19.1 Å². The normalized spacial score (nSPS) is 25.4. The highest BCUT2D eigenvalue weighted by molar-refractivity contribution is 5.99. The summed E-state index contributed by atoms with van der Waals surface area (Å²) >= 11 is 0. The molecule has 3 heterocycles. The molecule has 0 bridgehead atoms. The molecule has 4 rings (SSSR count). The fraction of sp³-hybridized carbons (Fsp3) is 0.654. The van der Waals surface area contributed by atoms with Crippen LogP contribution in [0.2, 0.25) is 0 Å². The van der Waals surface area contributed by atoms with E-state index < -0.39 is 24.2 Å². The van der Waals surface area contributed by atoms with Crippen molar-refractivity contribution >= 4 is 23.3 Å². The maximum absolute atomic E-state index is 13.6. The van der Waals surface area contributed by atoms with Crippen LogP contribution in [-0.4, -0.2) is 97.5 Å². The lowest BCUT2D eigenvalue weighted by Crippen LogP contribution is -2.54. The quantitative estimate of drug-likeness (QED) is 0.307. The van der Waals surface area contributed by atoms with Crippen LogP contribution < -0.4 is 10.2 Å². The molecule has 0 aliphatic carbocycles. The van der Waals surface area contributed by atoms with E-state index >= 15 is 0 Å². The van der Waals surface area contributed by atoms with Crippen LogP contribution in [0.4, 0.5) is 5.69 Å². The Kier molecular flexibility index (Phi) is 8.68. The highest BCUT2D eigenvalue weighted by Crippen LogP contribution is 2.31. The summed E-state index contributed by atoms with van der Waals surface area (Å²) in [6.07, 6.45) is 1.17. The Morgan fingerprint density at radius 3 is 2.51 bits per heavy atom. The molecule has 5 atom stereocenters. The Morgan fingerprint density at radius 1 is 1.19 bits per heavy atom. The molecule has 3 fully saturated rings. The molecule has 0 aromatic heterocycles. The number of nitrogens with one attached hydrogen (secondary N) is 1. The maximum Gasteiger partial charge on any atom is 0.251 e. The minimum atomic E-state index is -0.817. The molecule has 0 unspecified atom stereocenters. The number of carbonyl (C=O) groups is 3. The first kappa shape index (κ1) is 26.9. The van der Waals surface area contributed by atoms with Crippen molar-refractivity contribution in [2.45, 2.75) is 57.8 Å². The number of anilines is 1. The number of nitrogens with zero attached hydrogens (tertiary/aromatic N) is 6. The monoisotopic (exact) mass is 511 g/mol. The van der Waals surface area contributed by atoms with Gasteiger partial charge < -0.3 is 19.9 Å². The molecule has 1 aromatic rings. The first-order chi connectivity index (χ1) is 17.9. The predicted molar refractivity (Wildman–Crippen MR) is 139 cm³/mol. The third-order valence-corrected chi connectivity index (χ3v) is 7.81. The van der Waals surface area contributed by atoms with Gasteiger partial charge in [-0.2, -0.15) is 0 Å². The van der Waals surface area contributed by atoms with E-state index in [0.717, 1.165) is 44.8 Å². The second-order valence-corrected chi connectivity index (χ2v) is 10.2. The molecule has 3 aliphatic heterocycles. The van der Waals surface area contributed by atoms with Gasteiger partial charge in [-0.1, -0.05) is 32.3 Å². The van der Waals surface area contributed by atoms with Gasteiger partial charge in [-0.25, -0.2) is 0 Å². The summed E-state index contributed by atoms with van der Waals surface area (Å²) in [5.41, 5.74) is 10.5. The van der Waals surface area contributed by atoms with E-state index in [-0.39, 0.29) is 36.7 Å². The lowest BCUT2D eigenvalue weighted by atomic mass is 9.96. The van der Waals surface area contributed by atoms with Crippen molar-refractivity contribution in [1.29, 1.82) is 0 Å². The number of hydrogen-bond acceptors (Lipinski definition) is 7. The van der Waals surface area contributed by atoms with Gasteiger partial charge in [-0.05, 0) is 48.7 Å². The van der Waals surface area contributed by atoms with Crippen LogP contribution in [0.3, 0.4) is 0 Å². The zero-order valence-corrected chi connectivity index (χ0v) is 21.9. The first-order valence-electron chi connectivity index (χ1n) is 13.2. The van der Waals surface area contributed by atoms with Crippen LogP contribution in [0.1, 0.15) is 44.0 Å². The van der Waals surface area contributed by atoms with E-state index in [1.165, 1.54) is 4.90 Å². The summed E-state index contributed by atoms with van der Waals surface area (Å²) in [4.78, 5) is 48.4. The summed E-state index contributed by atoms with van der Waals surface area (Å²) in [7, 11) is 0. The van der Waals surface area contributed by atoms with Crippen LogP contribution in [0, 0.1) is 5.92 Å². The third kappa shape index (κ3) is 5.74. The van der Waals surface area contributed by atoms with Crippen molar-refractivity contribution in [3.63, 3.8) is 0 Å². The Labute approximate surface area is 217 Å². The molecule has 0 radical (unpaired) electrons. The third-order valence-electron chi connectivity index (χ3n) is 7.81. The number of azide groups is 1. The number of amides is 2. The van der Waals surface area contributed by atoms with Gasteiger partial charge in [-0.15, -0.1) is 0 Å². The van der Waals surface area contributed by atoms with Crippen molar-refractivity contribution in [3.8, 4) is 0 Å². The van der Waals surface area contributed by atoms with Gasteiger partial charge in [0.2, 0.25) is 5.91 Å². The highest BCUT2D eigenvalue weighted by Gasteiger charge is 2.53. The fourth-order valence-corrected chi connectivity index (χ4v) is 5.48. The summed E-state index contributed by atoms with van der Waals surface area (Å²) in [6, 6.07) is 5.25. The van der Waals surface area contributed by atoms with Gasteiger partial charge in [0, 0.05) is 48.9 Å². The number of Topliss-reactive ketones (excluding diaryl/α,β-unsaturated/α-hetero) is 1. The zero-order chi connectivity index (χ0) is 26.5. The van der Waals surface area contributed by atoms with Crippen LogP contribution >= 0.6 is 0 Å². The molecule has 37 heavy (non-hydrogen) atoms. The Balaban J connectivity index is 1.44. The summed E-state index contributed by atoms with van der Waals surface area (Å²) in [6.45, 7) is 11.1. The Morgan fingerprint density at radius 2 is 1.89 bits per heavy atom. The number of fused-ring (bicyclic) bond motifs is 1. The second-order valence-electron chi connectivity index (χ2n) is 10.2. The minimum Gasteiger partial charge on any atom is -0.369 e. The number of carbonyl (C=O) groups excluding carboxylic acids is 3. The van der Waals surface area contributed by atoms with Gasteiger partial charge in [-0.3, -0.25) is 19.3 Å². The van der Waals surface area contributed by atoms with E-state index in [0.29, 0.717) is 12.0 Å². The molecule has 2 amide bonds. The molecule has 3 aliphatic rings. The molecule has 200 valence electrons. The lowest BCUT2D eigenvalue weighted by molar-refractivity contribution is -0.139. The summed E-state index contributed by atoms with van der Waals surface area (Å²) in [5, 5.41) is 6.66. The van der Waals surface area contributed by atoms with E-state index in [9.17, 15) is 14.4 Å². The fourth-order valence-electron chi connectivity index (χ4n) is 5.48. The highest BCUT2D eigenvalue weighted by atomic mass is 16.5. The number of rotatable bonds is 9. The van der Waals surface area contributed by atoms with Crippen LogP contribution in [0.5, 0.6) is 0 Å². The largest absolute Gasteiger partial charge is 0.369 e. The molecular formula is C26H37N7O4. The van der Waals surface area contributed by atoms with E-state index in [2.05, 4.69) is 32.1 Å². The molecule has 3 saturated heterocycles. The van der Waals surface area contributed by atoms with E-state index in [1.807, 2.05) is 26.0 Å². The maximum atomic E-state index is 13.6. The van der Waals surface area contributed by atoms with Gasteiger partial charge in [0.15, 0.2) is 5.78 Å².